The zero-order valence-corrected chi connectivity index (χ0v) is 27.3. The third kappa shape index (κ3) is 4.73. The lowest BCUT2D eigenvalue weighted by atomic mass is 9.96. The quantitative estimate of drug-likeness (QED) is 0.188. The number of H-pyrrole nitrogens is 2. The summed E-state index contributed by atoms with van der Waals surface area (Å²) in [6.07, 6.45) is 0. The first kappa shape index (κ1) is 28.4. The number of hydrogen-bond donors (Lipinski definition) is 2. The summed E-state index contributed by atoms with van der Waals surface area (Å²) in [6.45, 7) is 0. The van der Waals surface area contributed by atoms with Gasteiger partial charge in [-0.1, -0.05) is 170 Å². The van der Waals surface area contributed by atoms with Gasteiger partial charge in [-0.2, -0.15) is 0 Å². The van der Waals surface area contributed by atoms with Crippen molar-refractivity contribution in [2.24, 2.45) is 0 Å². The third-order valence-electron chi connectivity index (χ3n) is 10.2. The van der Waals surface area contributed by atoms with Crippen molar-refractivity contribution in [2.75, 3.05) is 0 Å². The molecule has 0 saturated carbocycles. The van der Waals surface area contributed by atoms with Crippen LogP contribution in [0.4, 0.5) is 0 Å². The van der Waals surface area contributed by atoms with Gasteiger partial charge in [0, 0.05) is 43.7 Å². The Bertz CT molecular complexity index is 2620. The van der Waals surface area contributed by atoms with E-state index in [1.54, 1.807) is 0 Å². The highest BCUT2D eigenvalue weighted by Crippen LogP contribution is 2.36. The molecule has 0 unspecified atom stereocenters. The number of rotatable bonds is 5. The number of hydrogen-bond acceptors (Lipinski definition) is 0. The zero-order valence-electron chi connectivity index (χ0n) is 27.3. The lowest BCUT2D eigenvalue weighted by Crippen LogP contribution is -1.84. The van der Waals surface area contributed by atoms with Gasteiger partial charge in [0.25, 0.3) is 0 Å². The number of para-hydroxylation sites is 4. The Labute approximate surface area is 290 Å². The van der Waals surface area contributed by atoms with Crippen LogP contribution >= 0.6 is 0 Å². The van der Waals surface area contributed by atoms with Gasteiger partial charge in [-0.3, -0.25) is 0 Å². The van der Waals surface area contributed by atoms with Gasteiger partial charge in [0.2, 0.25) is 0 Å². The first-order valence-corrected chi connectivity index (χ1v) is 17.2. The van der Waals surface area contributed by atoms with E-state index in [2.05, 4.69) is 192 Å². The molecule has 0 bridgehead atoms. The van der Waals surface area contributed by atoms with Crippen molar-refractivity contribution in [1.29, 1.82) is 0 Å². The molecule has 2 nitrogen and oxygen atoms in total. The van der Waals surface area contributed by atoms with Gasteiger partial charge >= 0.3 is 0 Å². The Morgan fingerprint density at radius 3 is 0.840 bits per heavy atom. The van der Waals surface area contributed by atoms with Gasteiger partial charge in [0.1, 0.15) is 0 Å². The molecule has 2 heteroatoms. The van der Waals surface area contributed by atoms with Crippen LogP contribution in [0.2, 0.25) is 0 Å². The van der Waals surface area contributed by atoms with Crippen LogP contribution < -0.4 is 0 Å². The van der Waals surface area contributed by atoms with Gasteiger partial charge in [-0.05, 0) is 56.6 Å². The summed E-state index contributed by atoms with van der Waals surface area (Å²) in [5.74, 6) is 0. The molecular formula is C48H32N2. The summed E-state index contributed by atoms with van der Waals surface area (Å²) in [5, 5.41) is 5.06. The maximum absolute atomic E-state index is 3.64. The van der Waals surface area contributed by atoms with Crippen molar-refractivity contribution in [1.82, 2.24) is 9.97 Å². The topological polar surface area (TPSA) is 31.6 Å². The molecule has 0 atom stereocenters. The SMILES string of the molecule is c1ccc2c(c1)[nH]c1c(-c3ccc(-c4ccc(-c5ccc(-c6ccc(-c7cccc8c7[nH]c7ccccc78)cc6)cc5)cc4)cc3)cccc12. The normalized spacial score (nSPS) is 11.6. The third-order valence-corrected chi connectivity index (χ3v) is 10.2. The van der Waals surface area contributed by atoms with Crippen LogP contribution in [0.5, 0.6) is 0 Å². The Balaban J connectivity index is 0.870. The van der Waals surface area contributed by atoms with Crippen molar-refractivity contribution in [2.45, 2.75) is 0 Å². The highest BCUT2D eigenvalue weighted by molar-refractivity contribution is 6.12. The average molecular weight is 637 g/mol. The average Bonchev–Trinajstić information content (AvgIpc) is 3.77. The molecule has 0 aliphatic rings. The van der Waals surface area contributed by atoms with Gasteiger partial charge in [0.15, 0.2) is 0 Å². The molecule has 0 aliphatic heterocycles. The zero-order chi connectivity index (χ0) is 33.0. The standard InChI is InChI=1S/C48H32N2/c1-3-13-45-41(7-1)43-11-5-9-39(47(43)49-45)37-27-23-35(24-28-37)33-19-15-31(16-20-33)32-17-21-34(22-18-32)36-25-29-38(30-26-36)40-10-6-12-44-42-8-2-4-14-46(42)50-48(40)44/h1-30,49-50H. The molecule has 50 heavy (non-hydrogen) atoms. The van der Waals surface area contributed by atoms with Crippen LogP contribution in [0.15, 0.2) is 182 Å². The lowest BCUT2D eigenvalue weighted by molar-refractivity contribution is 1.53. The van der Waals surface area contributed by atoms with E-state index in [4.69, 9.17) is 0 Å². The Kier molecular flexibility index (Phi) is 6.53. The van der Waals surface area contributed by atoms with Crippen molar-refractivity contribution in [3.05, 3.63) is 182 Å². The first-order valence-electron chi connectivity index (χ1n) is 17.2. The molecule has 0 fully saturated rings. The van der Waals surface area contributed by atoms with Gasteiger partial charge in [-0.15, -0.1) is 0 Å². The number of benzene rings is 8. The van der Waals surface area contributed by atoms with E-state index >= 15 is 0 Å². The van der Waals surface area contributed by atoms with Crippen LogP contribution in [0.25, 0.3) is 99.2 Å². The van der Waals surface area contributed by atoms with Crippen LogP contribution in [0, 0.1) is 0 Å². The highest BCUT2D eigenvalue weighted by atomic mass is 14.7. The Hall–Kier alpha value is -6.64. The predicted molar refractivity (Wildman–Crippen MR) is 212 cm³/mol. The summed E-state index contributed by atoms with van der Waals surface area (Å²) >= 11 is 0. The summed E-state index contributed by atoms with van der Waals surface area (Å²) in [4.78, 5) is 7.28. The minimum Gasteiger partial charge on any atom is -0.354 e. The molecule has 0 radical (unpaired) electrons. The Morgan fingerprint density at radius 1 is 0.220 bits per heavy atom. The first-order chi connectivity index (χ1) is 24.8. The van der Waals surface area contributed by atoms with Crippen molar-refractivity contribution < 1.29 is 0 Å². The number of aromatic amines is 2. The lowest BCUT2D eigenvalue weighted by Gasteiger charge is -2.09. The fraction of sp³-hybridized carbons (Fsp3) is 0. The van der Waals surface area contributed by atoms with Crippen molar-refractivity contribution in [3.63, 3.8) is 0 Å². The minimum absolute atomic E-state index is 1.17. The van der Waals surface area contributed by atoms with E-state index < -0.39 is 0 Å². The van der Waals surface area contributed by atoms with E-state index in [1.165, 1.54) is 99.2 Å². The largest absolute Gasteiger partial charge is 0.354 e. The summed E-state index contributed by atoms with van der Waals surface area (Å²) in [6, 6.07) is 65.8. The molecular weight excluding hydrogens is 605 g/mol. The molecule has 2 N–H and O–H groups in total. The van der Waals surface area contributed by atoms with E-state index in [-0.39, 0.29) is 0 Å². The molecule has 0 aliphatic carbocycles. The number of nitrogens with one attached hydrogen (secondary N) is 2. The van der Waals surface area contributed by atoms with Crippen molar-refractivity contribution in [3.8, 4) is 55.6 Å². The molecule has 10 aromatic rings. The fourth-order valence-electron chi connectivity index (χ4n) is 7.62. The second-order valence-corrected chi connectivity index (χ2v) is 13.1. The van der Waals surface area contributed by atoms with E-state index in [0.717, 1.165) is 0 Å². The van der Waals surface area contributed by atoms with E-state index in [9.17, 15) is 0 Å². The van der Waals surface area contributed by atoms with Gasteiger partial charge < -0.3 is 9.97 Å². The molecule has 2 aromatic heterocycles. The predicted octanol–water partition coefficient (Wildman–Crippen LogP) is 13.3. The maximum Gasteiger partial charge on any atom is 0.0544 e. The maximum atomic E-state index is 3.64. The number of fused-ring (bicyclic) bond motifs is 6. The molecule has 0 amide bonds. The smallest absolute Gasteiger partial charge is 0.0544 e. The molecule has 10 rings (SSSR count). The van der Waals surface area contributed by atoms with Gasteiger partial charge in [0.05, 0.1) is 11.0 Å². The Morgan fingerprint density at radius 2 is 0.500 bits per heavy atom. The van der Waals surface area contributed by atoms with Crippen LogP contribution in [-0.2, 0) is 0 Å². The fourth-order valence-corrected chi connectivity index (χ4v) is 7.62. The van der Waals surface area contributed by atoms with E-state index in [0.29, 0.717) is 0 Å². The van der Waals surface area contributed by atoms with Crippen LogP contribution in [0.3, 0.4) is 0 Å². The summed E-state index contributed by atoms with van der Waals surface area (Å²) < 4.78 is 0. The molecule has 8 aromatic carbocycles. The molecule has 2 heterocycles. The molecule has 0 spiro atoms. The molecule has 234 valence electrons. The van der Waals surface area contributed by atoms with Crippen LogP contribution in [0.1, 0.15) is 0 Å². The highest BCUT2D eigenvalue weighted by Gasteiger charge is 2.12. The summed E-state index contributed by atoms with van der Waals surface area (Å²) in [5.41, 5.74) is 16.9. The van der Waals surface area contributed by atoms with Crippen molar-refractivity contribution >= 4 is 43.6 Å². The molecule has 0 saturated heterocycles. The van der Waals surface area contributed by atoms with Crippen LogP contribution in [-0.4, -0.2) is 9.97 Å². The second-order valence-electron chi connectivity index (χ2n) is 13.1. The summed E-state index contributed by atoms with van der Waals surface area (Å²) in [7, 11) is 0. The monoisotopic (exact) mass is 636 g/mol. The van der Waals surface area contributed by atoms with E-state index in [1.807, 2.05) is 0 Å². The minimum atomic E-state index is 1.17. The number of aromatic nitrogens is 2. The second kappa shape index (κ2) is 11.5. The van der Waals surface area contributed by atoms with Gasteiger partial charge in [-0.25, -0.2) is 0 Å².